The number of hydrogen-bond acceptors (Lipinski definition) is 3. The van der Waals surface area contributed by atoms with E-state index in [2.05, 4.69) is 5.32 Å². The molecule has 2 rings (SSSR count). The fourth-order valence-electron chi connectivity index (χ4n) is 2.03. The normalized spacial score (nSPS) is 18.3. The lowest BCUT2D eigenvalue weighted by Gasteiger charge is -2.23. The lowest BCUT2D eigenvalue weighted by atomic mass is 9.91. The zero-order valence-electron chi connectivity index (χ0n) is 10.0. The van der Waals surface area contributed by atoms with Gasteiger partial charge in [-0.25, -0.2) is 4.79 Å². The molecule has 98 valence electrons. The number of piperidine rings is 1. The lowest BCUT2D eigenvalue weighted by molar-refractivity contribution is -0.122. The van der Waals surface area contributed by atoms with Crippen molar-refractivity contribution in [3.63, 3.8) is 0 Å². The number of nitrogens with one attached hydrogen (secondary N) is 1. The van der Waals surface area contributed by atoms with Crippen LogP contribution in [0.4, 0.5) is 0 Å². The summed E-state index contributed by atoms with van der Waals surface area (Å²) in [5, 5.41) is 19.0. The SMILES string of the molecule is O=C(O)c1ccc(C2CCCNC2)cc1.O=CO. The average molecular weight is 251 g/mol. The van der Waals surface area contributed by atoms with Crippen LogP contribution < -0.4 is 5.32 Å². The Morgan fingerprint density at radius 2 is 1.94 bits per heavy atom. The van der Waals surface area contributed by atoms with E-state index in [0.717, 1.165) is 13.1 Å². The molecule has 5 nitrogen and oxygen atoms in total. The molecule has 1 aromatic carbocycles. The molecule has 1 saturated heterocycles. The third kappa shape index (κ3) is 4.18. The summed E-state index contributed by atoms with van der Waals surface area (Å²) >= 11 is 0. The maximum absolute atomic E-state index is 10.7. The minimum Gasteiger partial charge on any atom is -0.483 e. The third-order valence-electron chi connectivity index (χ3n) is 2.93. The van der Waals surface area contributed by atoms with Crippen molar-refractivity contribution in [2.24, 2.45) is 0 Å². The highest BCUT2D eigenvalue weighted by molar-refractivity contribution is 5.87. The summed E-state index contributed by atoms with van der Waals surface area (Å²) in [6.45, 7) is 1.86. The van der Waals surface area contributed by atoms with Gasteiger partial charge in [-0.3, -0.25) is 4.79 Å². The van der Waals surface area contributed by atoms with Crippen LogP contribution in [-0.4, -0.2) is 35.7 Å². The van der Waals surface area contributed by atoms with Crippen LogP contribution in [0.5, 0.6) is 0 Å². The van der Waals surface area contributed by atoms with Crippen LogP contribution in [0.1, 0.15) is 34.7 Å². The molecule has 0 radical (unpaired) electrons. The van der Waals surface area contributed by atoms with Crippen LogP contribution in [0, 0.1) is 0 Å². The Kier molecular flexibility index (Phi) is 5.87. The van der Waals surface area contributed by atoms with Crippen molar-refractivity contribution in [2.45, 2.75) is 18.8 Å². The maximum atomic E-state index is 10.7. The molecule has 5 heteroatoms. The summed E-state index contributed by atoms with van der Waals surface area (Å²) in [6, 6.07) is 7.24. The fourth-order valence-corrected chi connectivity index (χ4v) is 2.03. The third-order valence-corrected chi connectivity index (χ3v) is 2.93. The van der Waals surface area contributed by atoms with E-state index >= 15 is 0 Å². The molecule has 3 N–H and O–H groups in total. The van der Waals surface area contributed by atoms with Gasteiger partial charge in [-0.15, -0.1) is 0 Å². The Labute approximate surface area is 105 Å². The van der Waals surface area contributed by atoms with Crippen molar-refractivity contribution in [1.29, 1.82) is 0 Å². The van der Waals surface area contributed by atoms with Crippen molar-refractivity contribution < 1.29 is 19.8 Å². The summed E-state index contributed by atoms with van der Waals surface area (Å²) in [6.07, 6.45) is 2.39. The zero-order valence-corrected chi connectivity index (χ0v) is 10.0. The Morgan fingerprint density at radius 3 is 2.39 bits per heavy atom. The molecule has 0 amide bonds. The van der Waals surface area contributed by atoms with Crippen LogP contribution in [0.15, 0.2) is 24.3 Å². The number of carboxylic acid groups (broad SMARTS) is 2. The van der Waals surface area contributed by atoms with Crippen LogP contribution in [0.2, 0.25) is 0 Å². The second-order valence-electron chi connectivity index (χ2n) is 4.08. The fraction of sp³-hybridized carbons (Fsp3) is 0.385. The van der Waals surface area contributed by atoms with Gasteiger partial charge < -0.3 is 15.5 Å². The summed E-state index contributed by atoms with van der Waals surface area (Å²) < 4.78 is 0. The summed E-state index contributed by atoms with van der Waals surface area (Å²) in [5.74, 6) is -0.315. The van der Waals surface area contributed by atoms with Crippen molar-refractivity contribution in [3.05, 3.63) is 35.4 Å². The lowest BCUT2D eigenvalue weighted by Crippen LogP contribution is -2.28. The molecule has 0 saturated carbocycles. The first kappa shape index (κ1) is 14.2. The molecular formula is C13H17NO4. The molecule has 1 aliphatic rings. The largest absolute Gasteiger partial charge is 0.483 e. The highest BCUT2D eigenvalue weighted by Gasteiger charge is 2.15. The van der Waals surface area contributed by atoms with Gasteiger partial charge in [0.1, 0.15) is 0 Å². The molecule has 0 bridgehead atoms. The second-order valence-corrected chi connectivity index (χ2v) is 4.08. The summed E-state index contributed by atoms with van der Waals surface area (Å²) in [5.41, 5.74) is 1.61. The molecule has 1 unspecified atom stereocenters. The minimum atomic E-state index is -0.858. The minimum absolute atomic E-state index is 0.250. The quantitative estimate of drug-likeness (QED) is 0.694. The molecule has 1 fully saturated rings. The molecule has 1 aromatic rings. The van der Waals surface area contributed by atoms with E-state index in [9.17, 15) is 4.79 Å². The molecule has 1 heterocycles. The first-order valence-corrected chi connectivity index (χ1v) is 5.81. The molecule has 18 heavy (non-hydrogen) atoms. The number of carboxylic acids is 1. The topological polar surface area (TPSA) is 86.6 Å². The van der Waals surface area contributed by atoms with Crippen LogP contribution in [-0.2, 0) is 4.79 Å². The van der Waals surface area contributed by atoms with Gasteiger partial charge in [0.05, 0.1) is 5.56 Å². The average Bonchev–Trinajstić information content (AvgIpc) is 2.41. The molecule has 0 spiro atoms. The van der Waals surface area contributed by atoms with Crippen molar-refractivity contribution in [3.8, 4) is 0 Å². The van der Waals surface area contributed by atoms with E-state index in [4.69, 9.17) is 15.0 Å². The highest BCUT2D eigenvalue weighted by atomic mass is 16.4. The van der Waals surface area contributed by atoms with E-state index in [1.165, 1.54) is 18.4 Å². The first-order chi connectivity index (χ1) is 8.69. The van der Waals surface area contributed by atoms with E-state index in [1.807, 2.05) is 12.1 Å². The monoisotopic (exact) mass is 251 g/mol. The van der Waals surface area contributed by atoms with Gasteiger partial charge in [0.25, 0.3) is 6.47 Å². The highest BCUT2D eigenvalue weighted by Crippen LogP contribution is 2.23. The molecule has 1 atom stereocenters. The number of carbonyl (C=O) groups is 2. The predicted molar refractivity (Wildman–Crippen MR) is 66.9 cm³/mol. The first-order valence-electron chi connectivity index (χ1n) is 5.81. The van der Waals surface area contributed by atoms with Crippen LogP contribution >= 0.6 is 0 Å². The Balaban J connectivity index is 0.000000492. The van der Waals surface area contributed by atoms with Crippen LogP contribution in [0.3, 0.4) is 0 Å². The van der Waals surface area contributed by atoms with Crippen molar-refractivity contribution in [1.82, 2.24) is 5.32 Å². The van der Waals surface area contributed by atoms with Gasteiger partial charge in [-0.2, -0.15) is 0 Å². The Bertz CT molecular complexity index is 382. The smallest absolute Gasteiger partial charge is 0.335 e. The Hall–Kier alpha value is -1.88. The van der Waals surface area contributed by atoms with Gasteiger partial charge in [-0.05, 0) is 43.0 Å². The summed E-state index contributed by atoms with van der Waals surface area (Å²) in [4.78, 5) is 19.0. The van der Waals surface area contributed by atoms with Gasteiger partial charge in [0.2, 0.25) is 0 Å². The molecule has 1 aliphatic heterocycles. The summed E-state index contributed by atoms with van der Waals surface area (Å²) in [7, 11) is 0. The van der Waals surface area contributed by atoms with E-state index < -0.39 is 5.97 Å². The standard InChI is InChI=1S/C12H15NO2.CH2O2/c14-12(15)10-5-3-9(4-6-10)11-2-1-7-13-8-11;2-1-3/h3-6,11,13H,1-2,7-8H2,(H,14,15);1H,(H,2,3). The molecular weight excluding hydrogens is 234 g/mol. The number of aromatic carboxylic acids is 1. The molecule has 0 aromatic heterocycles. The van der Waals surface area contributed by atoms with Crippen molar-refractivity contribution in [2.75, 3.05) is 13.1 Å². The number of benzene rings is 1. The van der Waals surface area contributed by atoms with Gasteiger partial charge in [0.15, 0.2) is 0 Å². The van der Waals surface area contributed by atoms with E-state index in [-0.39, 0.29) is 6.47 Å². The van der Waals surface area contributed by atoms with Crippen molar-refractivity contribution >= 4 is 12.4 Å². The zero-order chi connectivity index (χ0) is 13.4. The van der Waals surface area contributed by atoms with Gasteiger partial charge >= 0.3 is 5.97 Å². The second kappa shape index (κ2) is 7.45. The maximum Gasteiger partial charge on any atom is 0.335 e. The number of rotatable bonds is 2. The van der Waals surface area contributed by atoms with Crippen LogP contribution in [0.25, 0.3) is 0 Å². The van der Waals surface area contributed by atoms with E-state index in [1.54, 1.807) is 12.1 Å². The van der Waals surface area contributed by atoms with Gasteiger partial charge in [0, 0.05) is 6.54 Å². The predicted octanol–water partition coefficient (Wildman–Crippen LogP) is 1.55. The van der Waals surface area contributed by atoms with E-state index in [0.29, 0.717) is 11.5 Å². The molecule has 0 aliphatic carbocycles. The number of hydrogen-bond donors (Lipinski definition) is 3. The Morgan fingerprint density at radius 1 is 1.33 bits per heavy atom. The van der Waals surface area contributed by atoms with Gasteiger partial charge in [-0.1, -0.05) is 12.1 Å².